The predicted octanol–water partition coefficient (Wildman–Crippen LogP) is 2.38. The molecule has 0 atom stereocenters. The molecule has 0 unspecified atom stereocenters. The highest BCUT2D eigenvalue weighted by Gasteiger charge is 2.17. The van der Waals surface area contributed by atoms with Crippen LogP contribution in [0.4, 0.5) is 17.2 Å². The number of thiol groups is 1. The maximum atomic E-state index is 12.4. The summed E-state index contributed by atoms with van der Waals surface area (Å²) in [6.07, 6.45) is 0. The molecule has 3 N–H and O–H groups in total. The van der Waals surface area contributed by atoms with Crippen molar-refractivity contribution in [2.24, 2.45) is 10.2 Å². The minimum absolute atomic E-state index is 0.00495. The van der Waals surface area contributed by atoms with Crippen molar-refractivity contribution in [1.82, 2.24) is 5.32 Å². The van der Waals surface area contributed by atoms with Crippen LogP contribution in [0.1, 0.15) is 0 Å². The number of azo groups is 1. The number of anilines is 1. The van der Waals surface area contributed by atoms with E-state index in [-0.39, 0.29) is 25.7 Å². The number of carbonyl (C=O) groups is 1. The highest BCUT2D eigenvalue weighted by molar-refractivity contribution is 7.80. The van der Waals surface area contributed by atoms with Gasteiger partial charge in [0.05, 0.1) is 18.3 Å². The molecule has 0 radical (unpaired) electrons. The van der Waals surface area contributed by atoms with Crippen molar-refractivity contribution >= 4 is 46.6 Å². The van der Waals surface area contributed by atoms with E-state index in [1.54, 1.807) is 0 Å². The normalized spacial score (nSPS) is 11.2. The Kier molecular flexibility index (Phi) is 8.97. The van der Waals surface area contributed by atoms with Gasteiger partial charge in [-0.15, -0.1) is 0 Å². The van der Waals surface area contributed by atoms with Gasteiger partial charge in [-0.05, 0) is 41.5 Å². The maximum Gasteiger partial charge on any atom is 0.351 e. The first kappa shape index (κ1) is 23.6. The summed E-state index contributed by atoms with van der Waals surface area (Å²) in [6, 6.07) is 19.0. The second kappa shape index (κ2) is 12.1. The highest BCUT2D eigenvalue weighted by Crippen LogP contribution is 2.22. The van der Waals surface area contributed by atoms with E-state index in [1.807, 2.05) is 70.1 Å². The number of aromatic nitrogens is 1. The van der Waals surface area contributed by atoms with E-state index in [1.165, 1.54) is 0 Å². The summed E-state index contributed by atoms with van der Waals surface area (Å²) in [5.74, 6) is 1.02. The standard InChI is InChI=1S/C23H27N5O3S/c29-14-12-27(13-15-30)20-8-6-19(7-9-20)25-26-22-10-5-18-3-1-2-4-21(18)28(22)17-23(31)24-11-16-32/h1-10,29-30H,11-17H2,(H-,24,31,32)/p+1. The van der Waals surface area contributed by atoms with Crippen LogP contribution in [0.3, 0.4) is 0 Å². The molecule has 8 nitrogen and oxygen atoms in total. The number of aliphatic hydroxyl groups excluding tert-OH is 2. The first-order valence-electron chi connectivity index (χ1n) is 10.4. The number of rotatable bonds is 11. The molecule has 0 aliphatic carbocycles. The average Bonchev–Trinajstić information content (AvgIpc) is 2.82. The third-order valence-electron chi connectivity index (χ3n) is 4.87. The summed E-state index contributed by atoms with van der Waals surface area (Å²) in [4.78, 5) is 14.3. The van der Waals surface area contributed by atoms with Crippen molar-refractivity contribution in [1.29, 1.82) is 0 Å². The number of para-hydroxylation sites is 1. The Morgan fingerprint density at radius 2 is 1.69 bits per heavy atom. The Bertz CT molecular complexity index is 1050. The molecule has 0 aliphatic heterocycles. The fourth-order valence-corrected chi connectivity index (χ4v) is 3.46. The Morgan fingerprint density at radius 3 is 2.38 bits per heavy atom. The molecule has 1 aromatic heterocycles. The van der Waals surface area contributed by atoms with Crippen LogP contribution in [0.2, 0.25) is 0 Å². The molecular weight excluding hydrogens is 426 g/mol. The summed E-state index contributed by atoms with van der Waals surface area (Å²) in [5, 5.41) is 31.0. The fraction of sp³-hybridized carbons (Fsp3) is 0.304. The van der Waals surface area contributed by atoms with Crippen LogP contribution in [-0.2, 0) is 11.3 Å². The lowest BCUT2D eigenvalue weighted by Gasteiger charge is -2.22. The van der Waals surface area contributed by atoms with E-state index >= 15 is 0 Å². The minimum Gasteiger partial charge on any atom is -0.395 e. The number of benzene rings is 2. The second-order valence-corrected chi connectivity index (χ2v) is 7.51. The molecular formula is C23H28N5O3S+. The van der Waals surface area contributed by atoms with Crippen molar-refractivity contribution in [3.8, 4) is 0 Å². The van der Waals surface area contributed by atoms with Gasteiger partial charge in [0, 0.05) is 42.5 Å². The zero-order valence-corrected chi connectivity index (χ0v) is 18.7. The highest BCUT2D eigenvalue weighted by atomic mass is 32.1. The molecule has 32 heavy (non-hydrogen) atoms. The van der Waals surface area contributed by atoms with Crippen LogP contribution in [-0.4, -0.2) is 54.7 Å². The summed E-state index contributed by atoms with van der Waals surface area (Å²) < 4.78 is 1.84. The molecule has 168 valence electrons. The quantitative estimate of drug-likeness (QED) is 0.203. The molecule has 0 bridgehead atoms. The molecule has 1 heterocycles. The molecule has 0 saturated heterocycles. The Hall–Kier alpha value is -3.01. The van der Waals surface area contributed by atoms with Crippen molar-refractivity contribution < 1.29 is 19.6 Å². The van der Waals surface area contributed by atoms with Crippen molar-refractivity contribution in [2.75, 3.05) is 43.5 Å². The predicted molar refractivity (Wildman–Crippen MR) is 128 cm³/mol. The van der Waals surface area contributed by atoms with Crippen LogP contribution >= 0.6 is 12.6 Å². The van der Waals surface area contributed by atoms with Crippen LogP contribution in [0, 0.1) is 0 Å². The number of nitrogens with zero attached hydrogens (tertiary/aromatic N) is 4. The van der Waals surface area contributed by atoms with Gasteiger partial charge in [-0.3, -0.25) is 4.79 Å². The van der Waals surface area contributed by atoms with Gasteiger partial charge in [0.15, 0.2) is 6.54 Å². The monoisotopic (exact) mass is 454 g/mol. The first-order chi connectivity index (χ1) is 15.7. The SMILES string of the molecule is O=C(C[n+]1c(/N=N/c2ccc(N(CCO)CCO)cc2)ccc2ccccc21)NCCS. The van der Waals surface area contributed by atoms with Crippen LogP contribution in [0.5, 0.6) is 0 Å². The number of hydrogen-bond donors (Lipinski definition) is 4. The Balaban J connectivity index is 1.86. The van der Waals surface area contributed by atoms with E-state index in [9.17, 15) is 15.0 Å². The van der Waals surface area contributed by atoms with E-state index in [0.29, 0.717) is 36.9 Å². The molecule has 2 aromatic carbocycles. The van der Waals surface area contributed by atoms with Gasteiger partial charge in [-0.25, -0.2) is 4.57 Å². The number of hydrogen-bond acceptors (Lipinski definition) is 7. The number of fused-ring (bicyclic) bond motifs is 1. The molecule has 3 aromatic rings. The Labute approximate surface area is 192 Å². The summed E-state index contributed by atoms with van der Waals surface area (Å²) in [7, 11) is 0. The summed E-state index contributed by atoms with van der Waals surface area (Å²) in [6.45, 7) is 1.51. The van der Waals surface area contributed by atoms with Crippen LogP contribution in [0.15, 0.2) is 70.9 Å². The minimum atomic E-state index is -0.117. The first-order valence-corrected chi connectivity index (χ1v) is 11.1. The van der Waals surface area contributed by atoms with E-state index in [4.69, 9.17) is 0 Å². The number of amides is 1. The van der Waals surface area contributed by atoms with E-state index < -0.39 is 0 Å². The molecule has 1 amide bonds. The average molecular weight is 455 g/mol. The van der Waals surface area contributed by atoms with Gasteiger partial charge in [-0.2, -0.15) is 12.6 Å². The van der Waals surface area contributed by atoms with Gasteiger partial charge >= 0.3 is 5.82 Å². The van der Waals surface area contributed by atoms with Crippen LogP contribution in [0.25, 0.3) is 10.9 Å². The van der Waals surface area contributed by atoms with E-state index in [2.05, 4.69) is 28.2 Å². The van der Waals surface area contributed by atoms with Gasteiger partial charge in [0.1, 0.15) is 11.2 Å². The number of nitrogens with one attached hydrogen (secondary N) is 1. The van der Waals surface area contributed by atoms with Gasteiger partial charge in [0.2, 0.25) is 0 Å². The third kappa shape index (κ3) is 6.25. The molecule has 9 heteroatoms. The van der Waals surface area contributed by atoms with Gasteiger partial charge in [-0.1, -0.05) is 18.2 Å². The molecule has 0 aliphatic rings. The molecule has 0 saturated carbocycles. The third-order valence-corrected chi connectivity index (χ3v) is 5.10. The Morgan fingerprint density at radius 1 is 0.969 bits per heavy atom. The molecule has 0 fully saturated rings. The molecule has 0 spiro atoms. The zero-order chi connectivity index (χ0) is 22.8. The van der Waals surface area contributed by atoms with Crippen molar-refractivity contribution in [3.63, 3.8) is 0 Å². The van der Waals surface area contributed by atoms with E-state index in [0.717, 1.165) is 16.6 Å². The number of aliphatic hydroxyl groups is 2. The number of pyridine rings is 1. The lowest BCUT2D eigenvalue weighted by atomic mass is 10.2. The largest absolute Gasteiger partial charge is 0.395 e. The topological polar surface area (TPSA) is 101 Å². The molecule has 3 rings (SSSR count). The van der Waals surface area contributed by atoms with Gasteiger partial charge in [0.25, 0.3) is 5.91 Å². The van der Waals surface area contributed by atoms with Crippen LogP contribution < -0.4 is 14.8 Å². The lowest BCUT2D eigenvalue weighted by Crippen LogP contribution is -2.44. The smallest absolute Gasteiger partial charge is 0.351 e. The zero-order valence-electron chi connectivity index (χ0n) is 17.8. The lowest BCUT2D eigenvalue weighted by molar-refractivity contribution is -0.645. The second-order valence-electron chi connectivity index (χ2n) is 7.06. The van der Waals surface area contributed by atoms with Crippen molar-refractivity contribution in [2.45, 2.75) is 6.54 Å². The van der Waals surface area contributed by atoms with Crippen molar-refractivity contribution in [3.05, 3.63) is 60.7 Å². The van der Waals surface area contributed by atoms with Gasteiger partial charge < -0.3 is 20.4 Å². The fourth-order valence-electron chi connectivity index (χ4n) is 3.35. The summed E-state index contributed by atoms with van der Waals surface area (Å²) in [5.41, 5.74) is 2.43. The maximum absolute atomic E-state index is 12.4. The number of carbonyl (C=O) groups excluding carboxylic acids is 1. The summed E-state index contributed by atoms with van der Waals surface area (Å²) >= 11 is 4.13.